The maximum absolute atomic E-state index is 14.2. The Labute approximate surface area is 247 Å². The average Bonchev–Trinajstić information content (AvgIpc) is 3.65. The van der Waals surface area contributed by atoms with E-state index in [0.29, 0.717) is 29.3 Å². The Bertz CT molecular complexity index is 1770. The van der Waals surface area contributed by atoms with Gasteiger partial charge in [-0.2, -0.15) is 18.3 Å². The van der Waals surface area contributed by atoms with Crippen LogP contribution < -0.4 is 11.1 Å². The Morgan fingerprint density at radius 1 is 1.07 bits per heavy atom. The molecular weight excluding hydrogens is 588 g/mol. The lowest BCUT2D eigenvalue weighted by molar-refractivity contribution is -0.142. The molecule has 44 heavy (non-hydrogen) atoms. The van der Waals surface area contributed by atoms with Crippen molar-refractivity contribution in [2.24, 2.45) is 11.7 Å². The number of nitrogens with two attached hydrogens (primary N) is 1. The summed E-state index contributed by atoms with van der Waals surface area (Å²) in [6.45, 7) is -0.528. The largest absolute Gasteiger partial charge is 0.435 e. The van der Waals surface area contributed by atoms with E-state index in [1.165, 1.54) is 18.3 Å². The molecule has 0 radical (unpaired) electrons. The fourth-order valence-electron chi connectivity index (χ4n) is 6.13. The number of amides is 2. The molecule has 4 aromatic rings. The molecule has 1 saturated carbocycles. The lowest BCUT2D eigenvalue weighted by atomic mass is 9.94. The SMILES string of the molecule is NC(=O)c1cc(-c2cccnc2C(Cc2cc(F)cc(F)c2)NC(=O)Cn2nc(C(F)(F)F)c3c2C2CC2CC3)ccc1F. The van der Waals surface area contributed by atoms with E-state index in [2.05, 4.69) is 15.4 Å². The molecule has 2 aliphatic rings. The summed E-state index contributed by atoms with van der Waals surface area (Å²) in [5, 5.41) is 6.56. The summed E-state index contributed by atoms with van der Waals surface area (Å²) in [7, 11) is 0. The number of rotatable bonds is 8. The van der Waals surface area contributed by atoms with Gasteiger partial charge in [0.25, 0.3) is 5.91 Å². The number of nitrogens with one attached hydrogen (secondary N) is 1. The standard InChI is InChI=1S/C31H25F6N5O2/c32-18-8-15(9-19(33)13-18)10-25(27-20(2-1-7-39-27)16-4-6-24(34)23(12-16)30(38)44)40-26(43)14-42-28-21(5-3-17-11-22(17)28)29(41-42)31(35,36)37/h1-2,4,6-9,12-13,17,22,25H,3,5,10-11,14H2,(H2,38,44)(H,40,43). The average molecular weight is 614 g/mol. The molecule has 228 valence electrons. The van der Waals surface area contributed by atoms with Crippen molar-refractivity contribution < 1.29 is 35.9 Å². The van der Waals surface area contributed by atoms with Crippen LogP contribution in [0.15, 0.2) is 54.7 Å². The van der Waals surface area contributed by atoms with Crippen LogP contribution in [0.5, 0.6) is 0 Å². The van der Waals surface area contributed by atoms with Gasteiger partial charge in [-0.3, -0.25) is 19.3 Å². The van der Waals surface area contributed by atoms with E-state index in [1.807, 2.05) is 0 Å². The minimum atomic E-state index is -4.68. The van der Waals surface area contributed by atoms with Gasteiger partial charge in [0.15, 0.2) is 5.69 Å². The number of hydrogen-bond donors (Lipinski definition) is 2. The second-order valence-corrected chi connectivity index (χ2v) is 11.1. The maximum Gasteiger partial charge on any atom is 0.435 e. The van der Waals surface area contributed by atoms with Gasteiger partial charge in [-0.1, -0.05) is 12.1 Å². The number of aromatic nitrogens is 3. The number of fused-ring (bicyclic) bond motifs is 3. The van der Waals surface area contributed by atoms with Crippen LogP contribution in [0.3, 0.4) is 0 Å². The number of halogens is 6. The van der Waals surface area contributed by atoms with Crippen LogP contribution in [0.25, 0.3) is 11.1 Å². The summed E-state index contributed by atoms with van der Waals surface area (Å²) in [5.41, 5.74) is 5.51. The van der Waals surface area contributed by atoms with E-state index < -0.39 is 53.7 Å². The second-order valence-electron chi connectivity index (χ2n) is 11.1. The quantitative estimate of drug-likeness (QED) is 0.252. The fourth-order valence-corrected chi connectivity index (χ4v) is 6.13. The number of benzene rings is 2. The van der Waals surface area contributed by atoms with Crippen molar-refractivity contribution in [1.82, 2.24) is 20.1 Å². The first kappa shape index (κ1) is 29.4. The molecule has 7 nitrogen and oxygen atoms in total. The van der Waals surface area contributed by atoms with Gasteiger partial charge in [-0.25, -0.2) is 13.2 Å². The van der Waals surface area contributed by atoms with E-state index in [-0.39, 0.29) is 47.1 Å². The molecule has 3 N–H and O–H groups in total. The number of primary amides is 1. The zero-order valence-electron chi connectivity index (χ0n) is 23.0. The maximum atomic E-state index is 14.2. The molecule has 1 fully saturated rings. The van der Waals surface area contributed by atoms with Gasteiger partial charge in [-0.05, 0) is 73.1 Å². The van der Waals surface area contributed by atoms with Crippen molar-refractivity contribution in [2.75, 3.05) is 0 Å². The molecule has 0 bridgehead atoms. The topological polar surface area (TPSA) is 103 Å². The van der Waals surface area contributed by atoms with Gasteiger partial charge in [0.05, 0.1) is 17.3 Å². The molecule has 2 aromatic heterocycles. The van der Waals surface area contributed by atoms with E-state index in [4.69, 9.17) is 5.73 Å². The van der Waals surface area contributed by atoms with Crippen LogP contribution in [0.4, 0.5) is 26.3 Å². The molecule has 2 heterocycles. The minimum absolute atomic E-state index is 0.0958. The van der Waals surface area contributed by atoms with Gasteiger partial charge in [0.1, 0.15) is 24.0 Å². The third kappa shape index (κ3) is 5.78. The zero-order chi connectivity index (χ0) is 31.3. The molecule has 13 heteroatoms. The number of hydrogen-bond acceptors (Lipinski definition) is 4. The van der Waals surface area contributed by atoms with Crippen LogP contribution in [0, 0.1) is 23.4 Å². The summed E-state index contributed by atoms with van der Waals surface area (Å²) in [4.78, 5) is 29.7. The highest BCUT2D eigenvalue weighted by Crippen LogP contribution is 2.56. The number of alkyl halides is 3. The van der Waals surface area contributed by atoms with Gasteiger partial charge >= 0.3 is 6.18 Å². The predicted molar refractivity (Wildman–Crippen MR) is 145 cm³/mol. The zero-order valence-corrected chi connectivity index (χ0v) is 23.0. The van der Waals surface area contributed by atoms with Crippen LogP contribution in [-0.4, -0.2) is 26.6 Å². The molecule has 2 aliphatic carbocycles. The molecule has 2 aromatic carbocycles. The highest BCUT2D eigenvalue weighted by molar-refractivity contribution is 5.94. The van der Waals surface area contributed by atoms with E-state index >= 15 is 0 Å². The fraction of sp³-hybridized carbons (Fsp3) is 0.290. The van der Waals surface area contributed by atoms with E-state index in [9.17, 15) is 35.9 Å². The normalized spacial score (nSPS) is 17.9. The van der Waals surface area contributed by atoms with Gasteiger partial charge < -0.3 is 11.1 Å². The molecule has 3 unspecified atom stereocenters. The third-order valence-electron chi connectivity index (χ3n) is 8.10. The van der Waals surface area contributed by atoms with Crippen molar-refractivity contribution in [3.8, 4) is 11.1 Å². The number of carbonyl (C=O) groups excluding carboxylic acids is 2. The van der Waals surface area contributed by atoms with Crippen molar-refractivity contribution in [2.45, 2.75) is 50.4 Å². The predicted octanol–water partition coefficient (Wildman–Crippen LogP) is 5.63. The summed E-state index contributed by atoms with van der Waals surface area (Å²) >= 11 is 0. The van der Waals surface area contributed by atoms with E-state index in [1.54, 1.807) is 12.1 Å². The Balaban J connectivity index is 1.37. The monoisotopic (exact) mass is 613 g/mol. The molecule has 6 rings (SSSR count). The van der Waals surface area contributed by atoms with Crippen LogP contribution >= 0.6 is 0 Å². The highest BCUT2D eigenvalue weighted by atomic mass is 19.4. The minimum Gasteiger partial charge on any atom is -0.366 e. The summed E-state index contributed by atoms with van der Waals surface area (Å²) in [6.07, 6.45) is -1.84. The molecule has 3 atom stereocenters. The van der Waals surface area contributed by atoms with Crippen LogP contribution in [0.1, 0.15) is 63.4 Å². The number of carbonyl (C=O) groups is 2. The lowest BCUT2D eigenvalue weighted by Crippen LogP contribution is -2.34. The molecule has 0 aliphatic heterocycles. The Morgan fingerprint density at radius 2 is 1.82 bits per heavy atom. The Morgan fingerprint density at radius 3 is 2.52 bits per heavy atom. The van der Waals surface area contributed by atoms with Crippen molar-refractivity contribution in [1.29, 1.82) is 0 Å². The summed E-state index contributed by atoms with van der Waals surface area (Å²) in [5.74, 6) is -4.09. The lowest BCUT2D eigenvalue weighted by Gasteiger charge is -2.22. The third-order valence-corrected chi connectivity index (χ3v) is 8.10. The second kappa shape index (κ2) is 11.1. The van der Waals surface area contributed by atoms with Crippen molar-refractivity contribution in [3.05, 3.63) is 106 Å². The van der Waals surface area contributed by atoms with Crippen molar-refractivity contribution >= 4 is 11.8 Å². The first-order chi connectivity index (χ1) is 20.9. The van der Waals surface area contributed by atoms with E-state index in [0.717, 1.165) is 29.3 Å². The van der Waals surface area contributed by atoms with Gasteiger partial charge in [0, 0.05) is 35.0 Å². The first-order valence-corrected chi connectivity index (χ1v) is 13.8. The van der Waals surface area contributed by atoms with Crippen molar-refractivity contribution in [3.63, 3.8) is 0 Å². The van der Waals surface area contributed by atoms with Crippen LogP contribution in [-0.2, 0) is 30.4 Å². The number of pyridine rings is 1. The van der Waals surface area contributed by atoms with Gasteiger partial charge in [-0.15, -0.1) is 0 Å². The molecule has 2 amide bonds. The molecular formula is C31H25F6N5O2. The Hall–Kier alpha value is -4.68. The highest BCUT2D eigenvalue weighted by Gasteiger charge is 2.49. The smallest absolute Gasteiger partial charge is 0.366 e. The summed E-state index contributed by atoms with van der Waals surface area (Å²) < 4.78 is 85.0. The first-order valence-electron chi connectivity index (χ1n) is 13.8. The molecule has 0 saturated heterocycles. The number of nitrogens with zero attached hydrogens (tertiary/aromatic N) is 3. The van der Waals surface area contributed by atoms with Crippen LogP contribution in [0.2, 0.25) is 0 Å². The Kier molecular flexibility index (Phi) is 7.42. The molecule has 0 spiro atoms. The van der Waals surface area contributed by atoms with Gasteiger partial charge in [0.2, 0.25) is 5.91 Å². The summed E-state index contributed by atoms with van der Waals surface area (Å²) in [6, 6.07) is 8.62.